The normalized spacial score (nSPS) is 15.8. The molecule has 5 heteroatoms. The summed E-state index contributed by atoms with van der Waals surface area (Å²) in [4.78, 5) is 16.8. The minimum Gasteiger partial charge on any atom is -0.349 e. The highest BCUT2D eigenvalue weighted by atomic mass is 35.5. The third kappa shape index (κ3) is 4.00. The number of aromatic nitrogens is 1. The van der Waals surface area contributed by atoms with Crippen molar-refractivity contribution in [2.45, 2.75) is 45.1 Å². The largest absolute Gasteiger partial charge is 0.349 e. The Kier molecular flexibility index (Phi) is 5.35. The minimum absolute atomic E-state index is 0.0567. The third-order valence-corrected chi connectivity index (χ3v) is 4.94. The fraction of sp³-hybridized carbons (Fsp3) is 0.350. The van der Waals surface area contributed by atoms with Gasteiger partial charge in [-0.15, -0.1) is 0 Å². The Morgan fingerprint density at radius 3 is 2.84 bits per heavy atom. The van der Waals surface area contributed by atoms with Crippen LogP contribution in [0.2, 0.25) is 5.15 Å². The third-order valence-electron chi connectivity index (χ3n) is 4.63. The molecule has 0 atom stereocenters. The molecule has 25 heavy (non-hydrogen) atoms. The first-order valence-electron chi connectivity index (χ1n) is 8.57. The number of hydrogen-bond acceptors (Lipinski definition) is 3. The number of para-hydroxylation sites is 1. The molecule has 2 aromatic rings. The van der Waals surface area contributed by atoms with Gasteiger partial charge in [-0.05, 0) is 37.5 Å². The highest BCUT2D eigenvalue weighted by Gasteiger charge is 2.18. The lowest BCUT2D eigenvalue weighted by Crippen LogP contribution is -2.36. The summed E-state index contributed by atoms with van der Waals surface area (Å²) in [7, 11) is 0. The van der Waals surface area contributed by atoms with E-state index in [-0.39, 0.29) is 17.5 Å². The maximum atomic E-state index is 12.4. The van der Waals surface area contributed by atoms with Crippen LogP contribution in [0.5, 0.6) is 0 Å². The second-order valence-corrected chi connectivity index (χ2v) is 6.85. The number of nitriles is 1. The minimum atomic E-state index is -0.338. The van der Waals surface area contributed by atoms with Crippen molar-refractivity contribution in [1.29, 1.82) is 5.26 Å². The fourth-order valence-electron chi connectivity index (χ4n) is 3.26. The first-order chi connectivity index (χ1) is 12.1. The van der Waals surface area contributed by atoms with Crippen LogP contribution in [0, 0.1) is 18.3 Å². The summed E-state index contributed by atoms with van der Waals surface area (Å²) in [6.07, 6.45) is 6.93. The average Bonchev–Trinajstić information content (AvgIpc) is 2.61. The fourth-order valence-corrected chi connectivity index (χ4v) is 3.45. The Morgan fingerprint density at radius 2 is 2.12 bits per heavy atom. The molecule has 0 bridgehead atoms. The van der Waals surface area contributed by atoms with E-state index in [1.165, 1.54) is 12.5 Å². The van der Waals surface area contributed by atoms with Gasteiger partial charge in [-0.1, -0.05) is 49.1 Å². The summed E-state index contributed by atoms with van der Waals surface area (Å²) < 4.78 is 0. The lowest BCUT2D eigenvalue weighted by Gasteiger charge is -2.22. The summed E-state index contributed by atoms with van der Waals surface area (Å²) in [5.74, 6) is -0.338. The summed E-state index contributed by atoms with van der Waals surface area (Å²) in [5, 5.41) is 13.6. The van der Waals surface area contributed by atoms with Crippen LogP contribution in [-0.4, -0.2) is 16.9 Å². The molecule has 0 radical (unpaired) electrons. The maximum Gasteiger partial charge on any atom is 0.262 e. The topological polar surface area (TPSA) is 65.8 Å². The van der Waals surface area contributed by atoms with E-state index in [1.807, 2.05) is 37.3 Å². The lowest BCUT2D eigenvalue weighted by molar-refractivity contribution is -0.117. The van der Waals surface area contributed by atoms with Crippen LogP contribution in [0.15, 0.2) is 29.8 Å². The van der Waals surface area contributed by atoms with E-state index in [0.717, 1.165) is 42.1 Å². The number of benzene rings is 1. The summed E-state index contributed by atoms with van der Waals surface area (Å²) in [6.45, 7) is 1.97. The van der Waals surface area contributed by atoms with Crippen LogP contribution in [0.1, 0.15) is 43.2 Å². The van der Waals surface area contributed by atoms with Gasteiger partial charge in [-0.3, -0.25) is 4.79 Å². The van der Waals surface area contributed by atoms with Crippen LogP contribution in [0.25, 0.3) is 17.0 Å². The number of nitrogens with one attached hydrogen (secondary N) is 1. The van der Waals surface area contributed by atoms with Crippen molar-refractivity contribution in [2.75, 3.05) is 0 Å². The van der Waals surface area contributed by atoms with Crippen LogP contribution >= 0.6 is 11.6 Å². The van der Waals surface area contributed by atoms with Crippen LogP contribution in [0.3, 0.4) is 0 Å². The number of aryl methyl sites for hydroxylation is 1. The van der Waals surface area contributed by atoms with E-state index in [2.05, 4.69) is 10.3 Å². The zero-order chi connectivity index (χ0) is 17.8. The van der Waals surface area contributed by atoms with Gasteiger partial charge in [0.2, 0.25) is 0 Å². The number of halogens is 1. The van der Waals surface area contributed by atoms with Crippen LogP contribution in [0.4, 0.5) is 0 Å². The van der Waals surface area contributed by atoms with Crippen molar-refractivity contribution < 1.29 is 4.79 Å². The van der Waals surface area contributed by atoms with E-state index in [4.69, 9.17) is 11.6 Å². The first-order valence-corrected chi connectivity index (χ1v) is 8.95. The Hall–Kier alpha value is -2.38. The number of carbonyl (C=O) groups excluding carboxylic acids is 1. The molecular weight excluding hydrogens is 334 g/mol. The molecule has 3 rings (SSSR count). The molecule has 1 aliphatic rings. The predicted octanol–water partition coefficient (Wildman–Crippen LogP) is 4.55. The molecule has 1 aromatic heterocycles. The van der Waals surface area contributed by atoms with Gasteiger partial charge in [-0.25, -0.2) is 4.98 Å². The molecule has 1 saturated carbocycles. The molecule has 1 heterocycles. The summed E-state index contributed by atoms with van der Waals surface area (Å²) in [6, 6.07) is 9.87. The number of pyridine rings is 1. The van der Waals surface area contributed by atoms with Gasteiger partial charge in [0, 0.05) is 17.0 Å². The quantitative estimate of drug-likeness (QED) is 0.500. The van der Waals surface area contributed by atoms with E-state index in [0.29, 0.717) is 10.7 Å². The number of nitrogens with zero attached hydrogens (tertiary/aromatic N) is 2. The molecule has 0 aliphatic heterocycles. The van der Waals surface area contributed by atoms with Gasteiger partial charge in [0.25, 0.3) is 5.91 Å². The van der Waals surface area contributed by atoms with E-state index < -0.39 is 0 Å². The predicted molar refractivity (Wildman–Crippen MR) is 100 cm³/mol. The second-order valence-electron chi connectivity index (χ2n) is 6.49. The zero-order valence-electron chi connectivity index (χ0n) is 14.2. The second kappa shape index (κ2) is 7.67. The number of hydrogen-bond donors (Lipinski definition) is 1. The average molecular weight is 354 g/mol. The summed E-state index contributed by atoms with van der Waals surface area (Å²) in [5.41, 5.74) is 2.50. The Balaban J connectivity index is 1.88. The van der Waals surface area contributed by atoms with Crippen molar-refractivity contribution in [2.24, 2.45) is 0 Å². The van der Waals surface area contributed by atoms with E-state index in [1.54, 1.807) is 0 Å². The van der Waals surface area contributed by atoms with Crippen LogP contribution < -0.4 is 5.32 Å². The van der Waals surface area contributed by atoms with Gasteiger partial charge in [0.05, 0.1) is 5.52 Å². The van der Waals surface area contributed by atoms with Gasteiger partial charge in [-0.2, -0.15) is 5.26 Å². The van der Waals surface area contributed by atoms with Crippen molar-refractivity contribution in [3.05, 3.63) is 46.1 Å². The lowest BCUT2D eigenvalue weighted by atomic mass is 9.95. The molecule has 128 valence electrons. The monoisotopic (exact) mass is 353 g/mol. The molecule has 1 fully saturated rings. The SMILES string of the molecule is Cc1cccc2cc(/C=C(\C#N)C(=O)NC3CCCCC3)c(Cl)nc12. The van der Waals surface area contributed by atoms with Crippen molar-refractivity contribution in [3.63, 3.8) is 0 Å². The standard InChI is InChI=1S/C20H20ClN3O/c1-13-6-5-7-14-10-15(19(21)24-18(13)14)11-16(12-22)20(25)23-17-8-3-2-4-9-17/h5-7,10-11,17H,2-4,8-9H2,1H3,(H,23,25)/b16-11+. The molecule has 1 aromatic carbocycles. The van der Waals surface area contributed by atoms with Crippen LogP contribution in [-0.2, 0) is 4.79 Å². The van der Waals surface area contributed by atoms with E-state index in [9.17, 15) is 10.1 Å². The molecule has 1 N–H and O–H groups in total. The molecular formula is C20H20ClN3O. The highest BCUT2D eigenvalue weighted by molar-refractivity contribution is 6.31. The zero-order valence-corrected chi connectivity index (χ0v) is 14.9. The molecule has 0 saturated heterocycles. The first kappa shape index (κ1) is 17.4. The molecule has 4 nitrogen and oxygen atoms in total. The molecule has 1 aliphatic carbocycles. The van der Waals surface area contributed by atoms with Crippen molar-refractivity contribution in [3.8, 4) is 6.07 Å². The molecule has 0 spiro atoms. The number of fused-ring (bicyclic) bond motifs is 1. The Bertz CT molecular complexity index is 876. The van der Waals surface area contributed by atoms with Crippen molar-refractivity contribution in [1.82, 2.24) is 10.3 Å². The highest BCUT2D eigenvalue weighted by Crippen LogP contribution is 2.25. The summed E-state index contributed by atoms with van der Waals surface area (Å²) >= 11 is 6.28. The van der Waals surface area contributed by atoms with Crippen molar-refractivity contribution >= 4 is 34.5 Å². The Morgan fingerprint density at radius 1 is 1.36 bits per heavy atom. The van der Waals surface area contributed by atoms with Gasteiger partial charge < -0.3 is 5.32 Å². The number of rotatable bonds is 3. The number of carbonyl (C=O) groups is 1. The Labute approximate surface area is 152 Å². The van der Waals surface area contributed by atoms with Gasteiger partial charge in [0.1, 0.15) is 16.8 Å². The number of amides is 1. The molecule has 0 unspecified atom stereocenters. The van der Waals surface area contributed by atoms with Gasteiger partial charge in [0.15, 0.2) is 0 Å². The van der Waals surface area contributed by atoms with Gasteiger partial charge >= 0.3 is 0 Å². The maximum absolute atomic E-state index is 12.4. The molecule has 1 amide bonds. The van der Waals surface area contributed by atoms with E-state index >= 15 is 0 Å². The smallest absolute Gasteiger partial charge is 0.262 e.